The Morgan fingerprint density at radius 2 is 1.77 bits per heavy atom. The zero-order valence-corrected chi connectivity index (χ0v) is 17.6. The van der Waals surface area contributed by atoms with Crippen LogP contribution in [0.5, 0.6) is 0 Å². The van der Waals surface area contributed by atoms with E-state index >= 15 is 0 Å². The average molecular weight is 446 g/mol. The van der Waals surface area contributed by atoms with E-state index in [1.165, 1.54) is 22.8 Å². The summed E-state index contributed by atoms with van der Waals surface area (Å²) in [5.74, 6) is -0.406. The molecule has 0 radical (unpaired) electrons. The number of sulfonamides is 1. The summed E-state index contributed by atoms with van der Waals surface area (Å²) in [6.45, 7) is 0.571. The summed E-state index contributed by atoms with van der Waals surface area (Å²) in [7, 11) is -3.60. The standard InChI is InChI=1S/C20H20ClN5O3S/c21-16-5-7-17(8-6-16)30(28,29)25-11-9-15(10-12-25)20(27)24-18-3-1-2-4-19(18)26-14-22-13-23-26/h1-8,13-15H,9-12H2,(H,24,27). The highest BCUT2D eigenvalue weighted by Gasteiger charge is 2.32. The number of aromatic nitrogens is 3. The van der Waals surface area contributed by atoms with Crippen LogP contribution < -0.4 is 5.32 Å². The maximum Gasteiger partial charge on any atom is 0.243 e. The Labute approximate surface area is 179 Å². The highest BCUT2D eigenvalue weighted by Crippen LogP contribution is 2.26. The molecular formula is C20H20ClN5O3S. The quantitative estimate of drug-likeness (QED) is 0.651. The van der Waals surface area contributed by atoms with Crippen molar-refractivity contribution in [2.45, 2.75) is 17.7 Å². The van der Waals surface area contributed by atoms with Crippen LogP contribution in [0.4, 0.5) is 5.69 Å². The molecule has 1 N–H and O–H groups in total. The van der Waals surface area contributed by atoms with Crippen LogP contribution in [-0.2, 0) is 14.8 Å². The van der Waals surface area contributed by atoms with E-state index in [1.807, 2.05) is 18.2 Å². The number of benzene rings is 2. The van der Waals surface area contributed by atoms with E-state index < -0.39 is 10.0 Å². The normalized spacial score (nSPS) is 15.8. The van der Waals surface area contributed by atoms with Crippen LogP contribution in [0.3, 0.4) is 0 Å². The number of anilines is 1. The molecule has 4 rings (SSSR count). The molecule has 2 heterocycles. The monoisotopic (exact) mass is 445 g/mol. The van der Waals surface area contributed by atoms with Gasteiger partial charge in [0.15, 0.2) is 0 Å². The minimum atomic E-state index is -3.60. The van der Waals surface area contributed by atoms with Crippen LogP contribution in [0.25, 0.3) is 5.69 Å². The van der Waals surface area contributed by atoms with Gasteiger partial charge in [0.1, 0.15) is 12.7 Å². The van der Waals surface area contributed by atoms with Gasteiger partial charge >= 0.3 is 0 Å². The second-order valence-electron chi connectivity index (χ2n) is 6.98. The lowest BCUT2D eigenvalue weighted by Crippen LogP contribution is -2.41. The van der Waals surface area contributed by atoms with Crippen molar-refractivity contribution in [3.05, 3.63) is 66.2 Å². The van der Waals surface area contributed by atoms with Crippen molar-refractivity contribution in [1.29, 1.82) is 0 Å². The predicted molar refractivity (Wildman–Crippen MR) is 113 cm³/mol. The summed E-state index contributed by atoms with van der Waals surface area (Å²) >= 11 is 5.85. The first-order valence-electron chi connectivity index (χ1n) is 9.46. The van der Waals surface area contributed by atoms with Gasteiger partial charge in [-0.25, -0.2) is 18.1 Å². The number of nitrogens with one attached hydrogen (secondary N) is 1. The molecule has 1 aromatic heterocycles. The van der Waals surface area contributed by atoms with Crippen molar-refractivity contribution in [3.63, 3.8) is 0 Å². The minimum Gasteiger partial charge on any atom is -0.324 e. The molecule has 1 aliphatic rings. The number of hydrogen-bond donors (Lipinski definition) is 1. The molecule has 0 unspecified atom stereocenters. The molecule has 1 aliphatic heterocycles. The molecule has 0 aliphatic carbocycles. The molecule has 8 nitrogen and oxygen atoms in total. The van der Waals surface area contributed by atoms with Gasteiger partial charge in [-0.1, -0.05) is 23.7 Å². The molecule has 0 spiro atoms. The summed E-state index contributed by atoms with van der Waals surface area (Å²) < 4.78 is 28.6. The lowest BCUT2D eigenvalue weighted by Gasteiger charge is -2.30. The number of amides is 1. The van der Waals surface area contributed by atoms with Gasteiger partial charge in [0.05, 0.1) is 16.3 Å². The van der Waals surface area contributed by atoms with Crippen LogP contribution in [0.15, 0.2) is 66.1 Å². The van der Waals surface area contributed by atoms with E-state index in [1.54, 1.807) is 29.2 Å². The summed E-state index contributed by atoms with van der Waals surface area (Å²) in [4.78, 5) is 17.0. The highest BCUT2D eigenvalue weighted by molar-refractivity contribution is 7.89. The van der Waals surface area contributed by atoms with Crippen LogP contribution in [0.2, 0.25) is 5.02 Å². The van der Waals surface area contributed by atoms with Crippen LogP contribution in [0.1, 0.15) is 12.8 Å². The van der Waals surface area contributed by atoms with Gasteiger partial charge in [0, 0.05) is 24.0 Å². The fourth-order valence-corrected chi connectivity index (χ4v) is 5.06. The molecule has 1 amide bonds. The Kier molecular flexibility index (Phi) is 5.85. The van der Waals surface area contributed by atoms with Crippen molar-refractivity contribution in [3.8, 4) is 5.69 Å². The van der Waals surface area contributed by atoms with Gasteiger partial charge in [0.2, 0.25) is 15.9 Å². The number of piperidine rings is 1. The number of carbonyl (C=O) groups is 1. The number of hydrogen-bond acceptors (Lipinski definition) is 5. The van der Waals surface area contributed by atoms with Gasteiger partial charge < -0.3 is 5.32 Å². The molecule has 0 bridgehead atoms. The number of carbonyl (C=O) groups excluding carboxylic acids is 1. The van der Waals surface area contributed by atoms with E-state index in [2.05, 4.69) is 15.4 Å². The maximum atomic E-state index is 12.8. The molecule has 156 valence electrons. The van der Waals surface area contributed by atoms with Gasteiger partial charge in [-0.15, -0.1) is 0 Å². The van der Waals surface area contributed by atoms with Gasteiger partial charge in [-0.05, 0) is 49.2 Å². The Hall–Kier alpha value is -2.75. The van der Waals surface area contributed by atoms with E-state index in [0.29, 0.717) is 29.2 Å². The molecule has 30 heavy (non-hydrogen) atoms. The number of halogens is 1. The lowest BCUT2D eigenvalue weighted by molar-refractivity contribution is -0.120. The topological polar surface area (TPSA) is 97.2 Å². The SMILES string of the molecule is O=C(Nc1ccccc1-n1cncn1)C1CCN(S(=O)(=O)c2ccc(Cl)cc2)CC1. The second-order valence-corrected chi connectivity index (χ2v) is 9.35. The molecule has 0 saturated carbocycles. The first-order valence-corrected chi connectivity index (χ1v) is 11.3. The molecular weight excluding hydrogens is 426 g/mol. The first kappa shape index (κ1) is 20.5. The fraction of sp³-hybridized carbons (Fsp3) is 0.250. The fourth-order valence-electron chi connectivity index (χ4n) is 3.46. The number of nitrogens with zero attached hydrogens (tertiary/aromatic N) is 4. The summed E-state index contributed by atoms with van der Waals surface area (Å²) in [5.41, 5.74) is 1.34. The van der Waals surface area contributed by atoms with Crippen molar-refractivity contribution in [2.75, 3.05) is 18.4 Å². The Morgan fingerprint density at radius 1 is 1.07 bits per heavy atom. The van der Waals surface area contributed by atoms with Gasteiger partial charge in [-0.3, -0.25) is 4.79 Å². The smallest absolute Gasteiger partial charge is 0.243 e. The highest BCUT2D eigenvalue weighted by atomic mass is 35.5. The third-order valence-corrected chi connectivity index (χ3v) is 7.27. The van der Waals surface area contributed by atoms with Crippen molar-refractivity contribution in [2.24, 2.45) is 5.92 Å². The predicted octanol–water partition coefficient (Wildman–Crippen LogP) is 2.96. The van der Waals surface area contributed by atoms with Crippen molar-refractivity contribution >= 4 is 33.2 Å². The number of para-hydroxylation sites is 2. The van der Waals surface area contributed by atoms with Gasteiger partial charge in [0.25, 0.3) is 0 Å². The lowest BCUT2D eigenvalue weighted by atomic mass is 9.97. The molecule has 10 heteroatoms. The van der Waals surface area contributed by atoms with Crippen LogP contribution >= 0.6 is 11.6 Å². The maximum absolute atomic E-state index is 12.8. The van der Waals surface area contributed by atoms with E-state index in [9.17, 15) is 13.2 Å². The Bertz CT molecular complexity index is 1130. The van der Waals surface area contributed by atoms with E-state index in [-0.39, 0.29) is 29.8 Å². The number of rotatable bonds is 5. The summed E-state index contributed by atoms with van der Waals surface area (Å²) in [5, 5.41) is 7.54. The van der Waals surface area contributed by atoms with Crippen molar-refractivity contribution < 1.29 is 13.2 Å². The van der Waals surface area contributed by atoms with E-state index in [0.717, 1.165) is 0 Å². The van der Waals surface area contributed by atoms with Crippen LogP contribution in [0, 0.1) is 5.92 Å². The zero-order chi connectivity index (χ0) is 21.1. The molecule has 2 aromatic carbocycles. The van der Waals surface area contributed by atoms with Crippen LogP contribution in [-0.4, -0.2) is 46.5 Å². The largest absolute Gasteiger partial charge is 0.324 e. The Morgan fingerprint density at radius 3 is 2.43 bits per heavy atom. The third-order valence-electron chi connectivity index (χ3n) is 5.10. The first-order chi connectivity index (χ1) is 14.4. The average Bonchev–Trinajstić information content (AvgIpc) is 3.29. The molecule has 1 saturated heterocycles. The van der Waals surface area contributed by atoms with E-state index in [4.69, 9.17) is 11.6 Å². The van der Waals surface area contributed by atoms with Crippen molar-refractivity contribution in [1.82, 2.24) is 19.1 Å². The molecule has 1 fully saturated rings. The third kappa shape index (κ3) is 4.23. The van der Waals surface area contributed by atoms with Gasteiger partial charge in [-0.2, -0.15) is 9.40 Å². The molecule has 3 aromatic rings. The minimum absolute atomic E-state index is 0.133. The second kappa shape index (κ2) is 8.55. The summed E-state index contributed by atoms with van der Waals surface area (Å²) in [6.07, 6.45) is 3.88. The molecule has 0 atom stereocenters. The Balaban J connectivity index is 1.41. The zero-order valence-electron chi connectivity index (χ0n) is 16.0. The summed E-state index contributed by atoms with van der Waals surface area (Å²) in [6, 6.07) is 13.4.